The lowest BCUT2D eigenvalue weighted by Gasteiger charge is -2.22. The first kappa shape index (κ1) is 15.2. The Hall–Kier alpha value is -2.21. The first-order valence-electron chi connectivity index (χ1n) is 6.39. The number of hydrogen-bond donors (Lipinski definition) is 2. The molecule has 0 fully saturated rings. The predicted octanol–water partition coefficient (Wildman–Crippen LogP) is 2.42. The van der Waals surface area contributed by atoms with Crippen molar-refractivity contribution in [1.29, 1.82) is 0 Å². The molecule has 6 heteroatoms. The second-order valence-corrected chi connectivity index (χ2v) is 6.82. The van der Waals surface area contributed by atoms with E-state index < -0.39 is 10.0 Å². The maximum Gasteiger partial charge on any atom is 0.264 e. The van der Waals surface area contributed by atoms with Crippen molar-refractivity contribution in [3.8, 4) is 5.75 Å². The van der Waals surface area contributed by atoms with E-state index in [-0.39, 0.29) is 10.6 Å². The van der Waals surface area contributed by atoms with Crippen molar-refractivity contribution >= 4 is 21.4 Å². The van der Waals surface area contributed by atoms with Crippen LogP contribution in [-0.4, -0.2) is 20.6 Å². The highest BCUT2D eigenvalue weighted by atomic mass is 32.2. The molecule has 112 valence electrons. The SMILES string of the molecule is Cc1ccc(N)c(C)c1S(=O)(=O)N(C)c1ccc(O)cc1. The largest absolute Gasteiger partial charge is 0.508 e. The van der Waals surface area contributed by atoms with E-state index >= 15 is 0 Å². The van der Waals surface area contributed by atoms with Crippen LogP contribution in [-0.2, 0) is 10.0 Å². The van der Waals surface area contributed by atoms with Gasteiger partial charge in [0.25, 0.3) is 10.0 Å². The van der Waals surface area contributed by atoms with Crippen LogP contribution in [0.2, 0.25) is 0 Å². The number of aryl methyl sites for hydroxylation is 1. The van der Waals surface area contributed by atoms with Crippen LogP contribution in [0.4, 0.5) is 11.4 Å². The summed E-state index contributed by atoms with van der Waals surface area (Å²) in [6.07, 6.45) is 0. The number of aromatic hydroxyl groups is 1. The minimum Gasteiger partial charge on any atom is -0.508 e. The standard InChI is InChI=1S/C15H18N2O3S/c1-10-4-9-14(16)11(2)15(10)21(19,20)17(3)12-5-7-13(18)8-6-12/h4-9,18H,16H2,1-3H3. The van der Waals surface area contributed by atoms with Crippen LogP contribution in [0.5, 0.6) is 5.75 Å². The average Bonchev–Trinajstić information content (AvgIpc) is 2.43. The fraction of sp³-hybridized carbons (Fsp3) is 0.200. The summed E-state index contributed by atoms with van der Waals surface area (Å²) in [6.45, 7) is 3.43. The minimum absolute atomic E-state index is 0.0841. The second-order valence-electron chi connectivity index (χ2n) is 4.91. The zero-order chi connectivity index (χ0) is 15.8. The lowest BCUT2D eigenvalue weighted by Crippen LogP contribution is -2.28. The molecule has 2 rings (SSSR count). The van der Waals surface area contributed by atoms with Gasteiger partial charge in [0, 0.05) is 12.7 Å². The van der Waals surface area contributed by atoms with E-state index in [9.17, 15) is 13.5 Å². The number of benzene rings is 2. The molecule has 3 N–H and O–H groups in total. The van der Waals surface area contributed by atoms with Gasteiger partial charge in [0.2, 0.25) is 0 Å². The van der Waals surface area contributed by atoms with E-state index in [1.807, 2.05) is 0 Å². The number of hydrogen-bond acceptors (Lipinski definition) is 4. The van der Waals surface area contributed by atoms with Gasteiger partial charge in [0.15, 0.2) is 0 Å². The van der Waals surface area contributed by atoms with Crippen LogP contribution in [0.3, 0.4) is 0 Å². The normalized spacial score (nSPS) is 11.4. The van der Waals surface area contributed by atoms with Gasteiger partial charge < -0.3 is 10.8 Å². The van der Waals surface area contributed by atoms with Gasteiger partial charge in [-0.25, -0.2) is 8.42 Å². The molecule has 2 aromatic carbocycles. The number of phenols is 1. The Labute approximate surface area is 124 Å². The number of nitrogens with zero attached hydrogens (tertiary/aromatic N) is 1. The number of sulfonamides is 1. The maximum absolute atomic E-state index is 12.8. The highest BCUT2D eigenvalue weighted by molar-refractivity contribution is 7.93. The van der Waals surface area contributed by atoms with Crippen molar-refractivity contribution in [2.75, 3.05) is 17.1 Å². The number of rotatable bonds is 3. The van der Waals surface area contributed by atoms with Crippen LogP contribution >= 0.6 is 0 Å². The van der Waals surface area contributed by atoms with Gasteiger partial charge in [-0.15, -0.1) is 0 Å². The molecule has 2 aromatic rings. The van der Waals surface area contributed by atoms with Gasteiger partial charge in [0.1, 0.15) is 5.75 Å². The summed E-state index contributed by atoms with van der Waals surface area (Å²) in [5, 5.41) is 9.30. The molecule has 0 aromatic heterocycles. The average molecular weight is 306 g/mol. The lowest BCUT2D eigenvalue weighted by atomic mass is 10.1. The molecule has 0 saturated carbocycles. The zero-order valence-electron chi connectivity index (χ0n) is 12.2. The third-order valence-corrected chi connectivity index (χ3v) is 5.55. The maximum atomic E-state index is 12.8. The number of nitrogens with two attached hydrogens (primary N) is 1. The quantitative estimate of drug-likeness (QED) is 0.853. The third kappa shape index (κ3) is 2.67. The van der Waals surface area contributed by atoms with Crippen molar-refractivity contribution < 1.29 is 13.5 Å². The number of nitrogen functional groups attached to an aromatic ring is 1. The molecule has 0 spiro atoms. The van der Waals surface area contributed by atoms with Gasteiger partial charge in [-0.1, -0.05) is 6.07 Å². The van der Waals surface area contributed by atoms with E-state index in [4.69, 9.17) is 5.73 Å². The van der Waals surface area contributed by atoms with Crippen LogP contribution < -0.4 is 10.0 Å². The third-order valence-electron chi connectivity index (χ3n) is 3.48. The molecule has 5 nitrogen and oxygen atoms in total. The van der Waals surface area contributed by atoms with Gasteiger partial charge >= 0.3 is 0 Å². The molecule has 0 aliphatic heterocycles. The van der Waals surface area contributed by atoms with E-state index in [0.717, 1.165) is 0 Å². The van der Waals surface area contributed by atoms with E-state index in [0.29, 0.717) is 22.5 Å². The summed E-state index contributed by atoms with van der Waals surface area (Å²) in [4.78, 5) is 0.220. The summed E-state index contributed by atoms with van der Waals surface area (Å²) in [5.41, 5.74) is 7.93. The minimum atomic E-state index is -3.72. The molecule has 0 amide bonds. The Bertz CT molecular complexity index is 768. The molecular weight excluding hydrogens is 288 g/mol. The smallest absolute Gasteiger partial charge is 0.264 e. The zero-order valence-corrected chi connectivity index (χ0v) is 13.0. The summed E-state index contributed by atoms with van der Waals surface area (Å²) in [6, 6.07) is 9.37. The van der Waals surface area contributed by atoms with Crippen LogP contribution in [0.25, 0.3) is 0 Å². The Morgan fingerprint density at radius 1 is 1.05 bits per heavy atom. The Morgan fingerprint density at radius 2 is 1.62 bits per heavy atom. The fourth-order valence-corrected chi connectivity index (χ4v) is 3.83. The topological polar surface area (TPSA) is 83.6 Å². The molecule has 0 aliphatic rings. The molecule has 0 unspecified atom stereocenters. The van der Waals surface area contributed by atoms with Gasteiger partial charge in [-0.05, 0) is 55.3 Å². The molecule has 0 radical (unpaired) electrons. The highest BCUT2D eigenvalue weighted by Gasteiger charge is 2.26. The lowest BCUT2D eigenvalue weighted by molar-refractivity contribution is 0.475. The van der Waals surface area contributed by atoms with Crippen molar-refractivity contribution in [2.24, 2.45) is 0 Å². The van der Waals surface area contributed by atoms with Crippen molar-refractivity contribution in [3.63, 3.8) is 0 Å². The molecule has 0 atom stereocenters. The molecule has 21 heavy (non-hydrogen) atoms. The summed E-state index contributed by atoms with van der Waals surface area (Å²) in [5.74, 6) is 0.0841. The van der Waals surface area contributed by atoms with Gasteiger partial charge in [-0.3, -0.25) is 4.31 Å². The summed E-state index contributed by atoms with van der Waals surface area (Å²) < 4.78 is 26.8. The molecule has 0 heterocycles. The van der Waals surface area contributed by atoms with Crippen molar-refractivity contribution in [3.05, 3.63) is 47.5 Å². The van der Waals surface area contributed by atoms with Crippen molar-refractivity contribution in [1.82, 2.24) is 0 Å². The van der Waals surface area contributed by atoms with Crippen LogP contribution in [0.1, 0.15) is 11.1 Å². The first-order valence-corrected chi connectivity index (χ1v) is 7.83. The summed E-state index contributed by atoms with van der Waals surface area (Å²) in [7, 11) is -2.24. The van der Waals surface area contributed by atoms with Gasteiger partial charge in [-0.2, -0.15) is 0 Å². The fourth-order valence-electron chi connectivity index (χ4n) is 2.18. The van der Waals surface area contributed by atoms with Gasteiger partial charge in [0.05, 0.1) is 10.6 Å². The number of phenolic OH excluding ortho intramolecular Hbond substituents is 1. The number of anilines is 2. The molecular formula is C15H18N2O3S. The predicted molar refractivity (Wildman–Crippen MR) is 84.0 cm³/mol. The van der Waals surface area contributed by atoms with Crippen LogP contribution in [0, 0.1) is 13.8 Å². The monoisotopic (exact) mass is 306 g/mol. The van der Waals surface area contributed by atoms with E-state index in [2.05, 4.69) is 0 Å². The Balaban J connectivity index is 2.57. The highest BCUT2D eigenvalue weighted by Crippen LogP contribution is 2.30. The van der Waals surface area contributed by atoms with Crippen molar-refractivity contribution in [2.45, 2.75) is 18.7 Å². The Morgan fingerprint density at radius 3 is 2.19 bits per heavy atom. The molecule has 0 aliphatic carbocycles. The molecule has 0 bridgehead atoms. The van der Waals surface area contributed by atoms with E-state index in [1.165, 1.54) is 23.5 Å². The summed E-state index contributed by atoms with van der Waals surface area (Å²) >= 11 is 0. The second kappa shape index (κ2) is 5.29. The first-order chi connectivity index (χ1) is 9.75. The molecule has 0 saturated heterocycles. The van der Waals surface area contributed by atoms with Crippen LogP contribution in [0.15, 0.2) is 41.3 Å². The Kier molecular flexibility index (Phi) is 3.82. The van der Waals surface area contributed by atoms with E-state index in [1.54, 1.807) is 38.1 Å².